The topological polar surface area (TPSA) is 40.1 Å². The van der Waals surface area contributed by atoms with E-state index < -0.39 is 52.7 Å². The Labute approximate surface area is 96.8 Å². The van der Waals surface area contributed by atoms with Gasteiger partial charge >= 0.3 is 6.18 Å². The van der Waals surface area contributed by atoms with E-state index in [9.17, 15) is 36.2 Å². The zero-order chi connectivity index (χ0) is 14.2. The van der Waals surface area contributed by atoms with Crippen LogP contribution in [0, 0.1) is 17.5 Å². The smallest absolute Gasteiger partial charge is 0.419 e. The average Bonchev–Trinajstić information content (AvgIpc) is 2.22. The molecule has 8 heteroatoms. The predicted molar refractivity (Wildman–Crippen MR) is 45.0 cm³/mol. The van der Waals surface area contributed by atoms with Crippen LogP contribution >= 0.6 is 0 Å². The number of rotatable bonds is 2. The minimum Gasteiger partial charge on any atom is -0.545 e. The van der Waals surface area contributed by atoms with Crippen LogP contribution in [0.15, 0.2) is 0 Å². The van der Waals surface area contributed by atoms with Crippen molar-refractivity contribution < 1.29 is 36.2 Å². The molecule has 0 aliphatic carbocycles. The highest BCUT2D eigenvalue weighted by Crippen LogP contribution is 2.38. The number of halogens is 6. The Hall–Kier alpha value is -1.73. The van der Waals surface area contributed by atoms with Gasteiger partial charge in [0.05, 0.1) is 11.5 Å². The quantitative estimate of drug-likeness (QED) is 0.610. The van der Waals surface area contributed by atoms with Crippen LogP contribution in [0.3, 0.4) is 0 Å². The second-order valence-corrected chi connectivity index (χ2v) is 3.31. The Morgan fingerprint density at radius 1 is 1.11 bits per heavy atom. The standard InChI is InChI=1S/C10H6F6O2/c1-2-3-4(9(17)18)6(11)8(13)7(12)5(3)10(14,15)16/h2H2,1H3,(H,17,18)/p-1. The molecule has 1 aromatic rings. The van der Waals surface area contributed by atoms with E-state index in [1.807, 2.05) is 0 Å². The van der Waals surface area contributed by atoms with Crippen molar-refractivity contribution >= 4 is 5.97 Å². The summed E-state index contributed by atoms with van der Waals surface area (Å²) in [5.41, 5.74) is -4.91. The van der Waals surface area contributed by atoms with Crippen molar-refractivity contribution in [3.8, 4) is 0 Å². The monoisotopic (exact) mass is 271 g/mol. The maximum Gasteiger partial charge on any atom is 0.419 e. The molecule has 0 N–H and O–H groups in total. The Morgan fingerprint density at radius 2 is 1.61 bits per heavy atom. The van der Waals surface area contributed by atoms with E-state index in [0.29, 0.717) is 0 Å². The highest BCUT2D eigenvalue weighted by molar-refractivity contribution is 5.88. The zero-order valence-electron chi connectivity index (χ0n) is 8.79. The van der Waals surface area contributed by atoms with Crippen molar-refractivity contribution in [3.05, 3.63) is 34.1 Å². The van der Waals surface area contributed by atoms with Gasteiger partial charge in [-0.15, -0.1) is 0 Å². The van der Waals surface area contributed by atoms with Crippen LogP contribution in [0.4, 0.5) is 26.3 Å². The van der Waals surface area contributed by atoms with Crippen molar-refractivity contribution in [2.24, 2.45) is 0 Å². The van der Waals surface area contributed by atoms with Crippen LogP contribution < -0.4 is 5.11 Å². The summed E-state index contributed by atoms with van der Waals surface area (Å²) in [5, 5.41) is 10.5. The van der Waals surface area contributed by atoms with E-state index in [1.165, 1.54) is 0 Å². The molecular formula is C10H5F6O2-. The number of carboxylic acids is 1. The molecule has 0 aliphatic rings. The first-order valence-corrected chi connectivity index (χ1v) is 4.60. The van der Waals surface area contributed by atoms with Crippen LogP contribution in [0.25, 0.3) is 0 Å². The first-order chi connectivity index (χ1) is 8.12. The number of carbonyl (C=O) groups excluding carboxylic acids is 1. The molecule has 0 bridgehead atoms. The van der Waals surface area contributed by atoms with E-state index in [-0.39, 0.29) is 0 Å². The van der Waals surface area contributed by atoms with Gasteiger partial charge in [-0.25, -0.2) is 13.2 Å². The second kappa shape index (κ2) is 4.51. The Kier molecular flexibility index (Phi) is 3.59. The fraction of sp³-hybridized carbons (Fsp3) is 0.300. The van der Waals surface area contributed by atoms with Gasteiger partial charge in [0.1, 0.15) is 0 Å². The third-order valence-corrected chi connectivity index (χ3v) is 2.27. The SMILES string of the molecule is CCc1c(C(=O)[O-])c(F)c(F)c(F)c1C(F)(F)F. The molecule has 0 spiro atoms. The summed E-state index contributed by atoms with van der Waals surface area (Å²) in [7, 11) is 0. The van der Waals surface area contributed by atoms with Gasteiger partial charge in [-0.2, -0.15) is 13.2 Å². The van der Waals surface area contributed by atoms with Gasteiger partial charge in [-0.05, 0) is 12.0 Å². The lowest BCUT2D eigenvalue weighted by Gasteiger charge is -2.18. The molecule has 0 saturated carbocycles. The molecule has 0 aromatic heterocycles. The van der Waals surface area contributed by atoms with Crippen LogP contribution in [-0.2, 0) is 12.6 Å². The molecule has 0 amide bonds. The molecule has 0 aliphatic heterocycles. The van der Waals surface area contributed by atoms with Crippen LogP contribution in [0.1, 0.15) is 28.4 Å². The first-order valence-electron chi connectivity index (χ1n) is 4.60. The van der Waals surface area contributed by atoms with Crippen LogP contribution in [0.5, 0.6) is 0 Å². The Morgan fingerprint density at radius 3 is 1.94 bits per heavy atom. The minimum absolute atomic E-state index is 0.647. The fourth-order valence-corrected chi connectivity index (χ4v) is 1.57. The second-order valence-electron chi connectivity index (χ2n) is 3.31. The normalized spacial score (nSPS) is 11.7. The van der Waals surface area contributed by atoms with Crippen molar-refractivity contribution in [1.29, 1.82) is 0 Å². The number of carbonyl (C=O) groups is 1. The van der Waals surface area contributed by atoms with Crippen molar-refractivity contribution in [2.45, 2.75) is 19.5 Å². The number of carboxylic acid groups (broad SMARTS) is 1. The van der Waals surface area contributed by atoms with Crippen LogP contribution in [0.2, 0.25) is 0 Å². The number of benzene rings is 1. The Bertz CT molecular complexity index is 506. The van der Waals surface area contributed by atoms with E-state index in [4.69, 9.17) is 0 Å². The molecule has 1 aromatic carbocycles. The van der Waals surface area contributed by atoms with Crippen molar-refractivity contribution in [3.63, 3.8) is 0 Å². The van der Waals surface area contributed by atoms with Gasteiger partial charge in [-0.3, -0.25) is 0 Å². The van der Waals surface area contributed by atoms with Gasteiger partial charge in [-0.1, -0.05) is 6.92 Å². The van der Waals surface area contributed by atoms with Gasteiger partial charge in [0, 0.05) is 5.56 Å². The van der Waals surface area contributed by atoms with Gasteiger partial charge < -0.3 is 9.90 Å². The van der Waals surface area contributed by atoms with Gasteiger partial charge in [0.15, 0.2) is 17.5 Å². The van der Waals surface area contributed by atoms with Crippen molar-refractivity contribution in [1.82, 2.24) is 0 Å². The average molecular weight is 271 g/mol. The lowest BCUT2D eigenvalue weighted by atomic mass is 9.96. The predicted octanol–water partition coefficient (Wildman–Crippen LogP) is 2.05. The summed E-state index contributed by atoms with van der Waals surface area (Å²) in [6.45, 7) is 1.05. The van der Waals surface area contributed by atoms with Gasteiger partial charge in [0.25, 0.3) is 0 Å². The third kappa shape index (κ3) is 2.14. The van der Waals surface area contributed by atoms with E-state index in [2.05, 4.69) is 0 Å². The molecule has 0 unspecified atom stereocenters. The summed E-state index contributed by atoms with van der Waals surface area (Å²) in [6.07, 6.45) is -5.99. The molecular weight excluding hydrogens is 266 g/mol. The maximum atomic E-state index is 13.1. The largest absolute Gasteiger partial charge is 0.545 e. The van der Waals surface area contributed by atoms with E-state index in [0.717, 1.165) is 6.92 Å². The molecule has 1 rings (SSSR count). The Balaban J connectivity index is 3.87. The lowest BCUT2D eigenvalue weighted by molar-refractivity contribution is -0.255. The zero-order valence-corrected chi connectivity index (χ0v) is 8.79. The van der Waals surface area contributed by atoms with Crippen LogP contribution in [-0.4, -0.2) is 5.97 Å². The highest BCUT2D eigenvalue weighted by atomic mass is 19.4. The summed E-state index contributed by atoms with van der Waals surface area (Å²) in [4.78, 5) is 10.5. The molecule has 100 valence electrons. The third-order valence-electron chi connectivity index (χ3n) is 2.27. The minimum atomic E-state index is -5.34. The van der Waals surface area contributed by atoms with Crippen molar-refractivity contribution in [2.75, 3.05) is 0 Å². The molecule has 0 saturated heterocycles. The molecule has 18 heavy (non-hydrogen) atoms. The highest BCUT2D eigenvalue weighted by Gasteiger charge is 2.40. The number of aromatic carboxylic acids is 1. The lowest BCUT2D eigenvalue weighted by Crippen LogP contribution is -2.28. The summed E-state index contributed by atoms with van der Waals surface area (Å²) < 4.78 is 76.7. The number of hydrogen-bond acceptors (Lipinski definition) is 2. The maximum absolute atomic E-state index is 13.1. The molecule has 0 fully saturated rings. The van der Waals surface area contributed by atoms with Gasteiger partial charge in [0.2, 0.25) is 0 Å². The first kappa shape index (κ1) is 14.3. The fourth-order valence-electron chi connectivity index (χ4n) is 1.57. The number of alkyl halides is 3. The summed E-state index contributed by atoms with van der Waals surface area (Å²) in [6, 6.07) is 0. The van der Waals surface area contributed by atoms with E-state index in [1.54, 1.807) is 0 Å². The molecule has 0 atom stereocenters. The molecule has 2 nitrogen and oxygen atoms in total. The summed E-state index contributed by atoms with van der Waals surface area (Å²) >= 11 is 0. The molecule has 0 radical (unpaired) electrons. The molecule has 0 heterocycles. The van der Waals surface area contributed by atoms with E-state index >= 15 is 0 Å². The summed E-state index contributed by atoms with van der Waals surface area (Å²) in [5.74, 6) is -9.48. The number of hydrogen-bond donors (Lipinski definition) is 0.